The molecule has 1 aliphatic carbocycles. The maximum atomic E-state index is 8.53. The maximum absolute atomic E-state index is 8.53. The van der Waals surface area contributed by atoms with Gasteiger partial charge in [0.2, 0.25) is 0 Å². The van der Waals surface area contributed by atoms with Gasteiger partial charge in [-0.05, 0) is 38.1 Å². The highest BCUT2D eigenvalue weighted by Crippen LogP contribution is 2.19. The minimum Gasteiger partial charge on any atom is -0.388 e. The molecule has 4 heteroatoms. The summed E-state index contributed by atoms with van der Waals surface area (Å²) in [5.74, 6) is 0. The molecule has 2 rings (SSSR count). The summed E-state index contributed by atoms with van der Waals surface area (Å²) in [5.41, 5.74) is 1.42. The number of nitriles is 1. The molecule has 0 amide bonds. The molecule has 0 aliphatic heterocycles. The summed E-state index contributed by atoms with van der Waals surface area (Å²) in [6.07, 6.45) is 7.13. The Morgan fingerprint density at radius 3 is 2.32 bits per heavy atom. The molecule has 3 nitrogen and oxygen atoms in total. The average Bonchev–Trinajstić information content (AvgIpc) is 2.48. The second-order valence-corrected chi connectivity index (χ2v) is 5.09. The number of halogens is 1. The summed E-state index contributed by atoms with van der Waals surface area (Å²) in [5, 5.41) is 15.2. The normalized spacial score (nSPS) is 15.1. The smallest absolute Gasteiger partial charge is 0.101 e. The zero-order chi connectivity index (χ0) is 14.1. The number of nitrogens with zero attached hydrogens (tertiary/aromatic N) is 1. The number of hydrogen-bond donors (Lipinski definition) is 2. The highest BCUT2D eigenvalue weighted by Gasteiger charge is 2.09. The van der Waals surface area contributed by atoms with E-state index in [-0.39, 0.29) is 0 Å². The lowest BCUT2D eigenvalue weighted by Crippen LogP contribution is -2.26. The van der Waals surface area contributed by atoms with Crippen molar-refractivity contribution in [2.24, 2.45) is 0 Å². The fourth-order valence-corrected chi connectivity index (χ4v) is 2.38. The molecular weight excluding hydrogens is 258 g/mol. The molecule has 0 aromatic heterocycles. The molecule has 19 heavy (non-hydrogen) atoms. The van der Waals surface area contributed by atoms with E-state index in [1.54, 1.807) is 19.2 Å². The van der Waals surface area contributed by atoms with Crippen molar-refractivity contribution in [1.82, 2.24) is 5.32 Å². The fraction of sp³-hybridized carbons (Fsp3) is 0.533. The van der Waals surface area contributed by atoms with Gasteiger partial charge in [-0.15, -0.1) is 0 Å². The molecule has 1 aromatic carbocycles. The van der Waals surface area contributed by atoms with Gasteiger partial charge in [-0.3, -0.25) is 0 Å². The molecule has 0 bridgehead atoms. The van der Waals surface area contributed by atoms with Gasteiger partial charge in [-0.2, -0.15) is 5.26 Å². The first-order valence-electron chi connectivity index (χ1n) is 6.76. The summed E-state index contributed by atoms with van der Waals surface area (Å²) >= 11 is 5.75. The Hall–Kier alpha value is -1.24. The van der Waals surface area contributed by atoms with Crippen LogP contribution in [0.2, 0.25) is 5.02 Å². The van der Waals surface area contributed by atoms with Crippen molar-refractivity contribution in [3.63, 3.8) is 0 Å². The van der Waals surface area contributed by atoms with Crippen LogP contribution in [0, 0.1) is 11.3 Å². The Bertz CT molecular complexity index is 420. The summed E-state index contributed by atoms with van der Waals surface area (Å²) < 4.78 is 0. The van der Waals surface area contributed by atoms with E-state index >= 15 is 0 Å². The molecule has 1 aliphatic rings. The third kappa shape index (κ3) is 5.50. The van der Waals surface area contributed by atoms with E-state index in [2.05, 4.69) is 17.7 Å². The van der Waals surface area contributed by atoms with E-state index in [1.165, 1.54) is 32.1 Å². The monoisotopic (exact) mass is 279 g/mol. The first-order valence-corrected chi connectivity index (χ1v) is 7.13. The summed E-state index contributed by atoms with van der Waals surface area (Å²) in [7, 11) is 3.87. The number of anilines is 1. The molecule has 104 valence electrons. The van der Waals surface area contributed by atoms with E-state index in [4.69, 9.17) is 16.9 Å². The van der Waals surface area contributed by atoms with Crippen LogP contribution in [0.25, 0.3) is 0 Å². The van der Waals surface area contributed by atoms with Crippen LogP contribution in [0.1, 0.15) is 37.7 Å². The Kier molecular flexibility index (Phi) is 7.32. The van der Waals surface area contributed by atoms with Crippen LogP contribution in [-0.2, 0) is 0 Å². The Balaban J connectivity index is 0.000000200. The SMILES string of the molecule is CNC1CCCCC1.CNc1ccc(C#N)c(Cl)c1. The van der Waals surface area contributed by atoms with Crippen LogP contribution < -0.4 is 10.6 Å². The number of benzene rings is 1. The van der Waals surface area contributed by atoms with E-state index in [1.807, 2.05) is 12.1 Å². The predicted molar refractivity (Wildman–Crippen MR) is 81.6 cm³/mol. The number of rotatable bonds is 2. The van der Waals surface area contributed by atoms with Gasteiger partial charge in [0.25, 0.3) is 0 Å². The van der Waals surface area contributed by atoms with E-state index in [9.17, 15) is 0 Å². The molecular formula is C15H22ClN3. The van der Waals surface area contributed by atoms with Gasteiger partial charge in [-0.1, -0.05) is 30.9 Å². The minimum absolute atomic E-state index is 0.486. The van der Waals surface area contributed by atoms with Gasteiger partial charge in [-0.25, -0.2) is 0 Å². The van der Waals surface area contributed by atoms with Gasteiger partial charge in [0.1, 0.15) is 6.07 Å². The number of hydrogen-bond acceptors (Lipinski definition) is 3. The summed E-state index contributed by atoms with van der Waals surface area (Å²) in [6, 6.07) is 8.04. The van der Waals surface area contributed by atoms with Crippen LogP contribution in [0.3, 0.4) is 0 Å². The second-order valence-electron chi connectivity index (χ2n) is 4.68. The van der Waals surface area contributed by atoms with Crippen molar-refractivity contribution in [1.29, 1.82) is 5.26 Å². The second kappa shape index (κ2) is 8.79. The quantitative estimate of drug-likeness (QED) is 0.866. The van der Waals surface area contributed by atoms with E-state index in [0.29, 0.717) is 10.6 Å². The first kappa shape index (κ1) is 15.8. The van der Waals surface area contributed by atoms with Gasteiger partial charge in [0.05, 0.1) is 10.6 Å². The van der Waals surface area contributed by atoms with Gasteiger partial charge >= 0.3 is 0 Å². The Morgan fingerprint density at radius 2 is 1.89 bits per heavy atom. The zero-order valence-electron chi connectivity index (χ0n) is 11.7. The van der Waals surface area contributed by atoms with Gasteiger partial charge < -0.3 is 10.6 Å². The molecule has 0 radical (unpaired) electrons. The first-order chi connectivity index (χ1) is 9.21. The van der Waals surface area contributed by atoms with Crippen molar-refractivity contribution in [3.8, 4) is 6.07 Å². The fourth-order valence-electron chi connectivity index (χ4n) is 2.15. The third-order valence-electron chi connectivity index (χ3n) is 3.39. The van der Waals surface area contributed by atoms with Crippen molar-refractivity contribution >= 4 is 17.3 Å². The predicted octanol–water partition coefficient (Wildman–Crippen LogP) is 3.79. The molecule has 0 atom stereocenters. The molecule has 0 unspecified atom stereocenters. The molecule has 0 saturated heterocycles. The standard InChI is InChI=1S/C8H7ClN2.C7H15N/c1-11-7-3-2-6(5-10)8(9)4-7;1-8-7-5-3-2-4-6-7/h2-4,11H,1H3;7-8H,2-6H2,1H3. The number of nitrogens with one attached hydrogen (secondary N) is 2. The van der Waals surface area contributed by atoms with E-state index < -0.39 is 0 Å². The highest BCUT2D eigenvalue weighted by atomic mass is 35.5. The van der Waals surface area contributed by atoms with Crippen LogP contribution in [0.15, 0.2) is 18.2 Å². The van der Waals surface area contributed by atoms with Crippen LogP contribution >= 0.6 is 11.6 Å². The lowest BCUT2D eigenvalue weighted by atomic mass is 9.96. The van der Waals surface area contributed by atoms with Crippen LogP contribution in [0.4, 0.5) is 5.69 Å². The lowest BCUT2D eigenvalue weighted by molar-refractivity contribution is 0.394. The molecule has 2 N–H and O–H groups in total. The van der Waals surface area contributed by atoms with Crippen LogP contribution in [0.5, 0.6) is 0 Å². The van der Waals surface area contributed by atoms with Crippen molar-refractivity contribution < 1.29 is 0 Å². The van der Waals surface area contributed by atoms with Crippen molar-refractivity contribution in [2.75, 3.05) is 19.4 Å². The van der Waals surface area contributed by atoms with E-state index in [0.717, 1.165) is 11.7 Å². The zero-order valence-corrected chi connectivity index (χ0v) is 12.4. The van der Waals surface area contributed by atoms with Crippen LogP contribution in [-0.4, -0.2) is 20.1 Å². The highest BCUT2D eigenvalue weighted by molar-refractivity contribution is 6.32. The summed E-state index contributed by atoms with van der Waals surface area (Å²) in [6.45, 7) is 0. The van der Waals surface area contributed by atoms with Crippen molar-refractivity contribution in [2.45, 2.75) is 38.1 Å². The van der Waals surface area contributed by atoms with Crippen molar-refractivity contribution in [3.05, 3.63) is 28.8 Å². The largest absolute Gasteiger partial charge is 0.388 e. The molecule has 0 spiro atoms. The molecule has 1 fully saturated rings. The Morgan fingerprint density at radius 1 is 1.21 bits per heavy atom. The Labute approximate surface area is 121 Å². The third-order valence-corrected chi connectivity index (χ3v) is 3.70. The van der Waals surface area contributed by atoms with Gasteiger partial charge in [0, 0.05) is 18.8 Å². The maximum Gasteiger partial charge on any atom is 0.101 e. The molecule has 1 aromatic rings. The average molecular weight is 280 g/mol. The topological polar surface area (TPSA) is 47.8 Å². The minimum atomic E-state index is 0.486. The lowest BCUT2D eigenvalue weighted by Gasteiger charge is -2.20. The molecule has 0 heterocycles. The van der Waals surface area contributed by atoms with Gasteiger partial charge in [0.15, 0.2) is 0 Å². The summed E-state index contributed by atoms with van der Waals surface area (Å²) in [4.78, 5) is 0. The molecule has 1 saturated carbocycles.